The van der Waals surface area contributed by atoms with Crippen LogP contribution in [0.25, 0.3) is 11.5 Å². The van der Waals surface area contributed by atoms with Crippen LogP contribution in [-0.4, -0.2) is 57.8 Å². The summed E-state index contributed by atoms with van der Waals surface area (Å²) in [5.41, 5.74) is 0.0201. The maximum Gasteiger partial charge on any atom is 0.434 e. The lowest BCUT2D eigenvalue weighted by atomic mass is 10.0. The molecule has 1 aliphatic rings. The minimum atomic E-state index is -4.48. The van der Waals surface area contributed by atoms with E-state index in [1.165, 1.54) is 26.3 Å². The number of nitrogens with one attached hydrogen (secondary N) is 1. The van der Waals surface area contributed by atoms with Crippen LogP contribution in [0.3, 0.4) is 0 Å². The number of carbonyl (C=O) groups is 1. The summed E-state index contributed by atoms with van der Waals surface area (Å²) in [5, 5.41) is 8.55. The third kappa shape index (κ3) is 3.68. The van der Waals surface area contributed by atoms with Crippen molar-refractivity contribution in [1.29, 1.82) is 0 Å². The van der Waals surface area contributed by atoms with Gasteiger partial charge in [0.1, 0.15) is 5.52 Å². The molecule has 0 saturated carbocycles. The summed E-state index contributed by atoms with van der Waals surface area (Å²) < 4.78 is 42.7. The minimum Gasteiger partial charge on any atom is -0.338 e. The Morgan fingerprint density at radius 1 is 1.24 bits per heavy atom. The van der Waals surface area contributed by atoms with Crippen LogP contribution in [0.2, 0.25) is 0 Å². The highest BCUT2D eigenvalue weighted by atomic mass is 19.4. The number of carbonyl (C=O) groups excluding carboxylic acids is 1. The van der Waals surface area contributed by atoms with Crippen molar-refractivity contribution in [3.05, 3.63) is 64.4 Å². The lowest BCUT2D eigenvalue weighted by Gasteiger charge is -2.32. The Kier molecular flexibility index (Phi) is 4.83. The number of fused-ring (bicyclic) bond motifs is 1. The van der Waals surface area contributed by atoms with Crippen molar-refractivity contribution in [1.82, 2.24) is 38.8 Å². The number of imidazole rings is 1. The molecule has 13 heteroatoms. The zero-order valence-corrected chi connectivity index (χ0v) is 17.5. The van der Waals surface area contributed by atoms with E-state index >= 15 is 0 Å². The van der Waals surface area contributed by atoms with Gasteiger partial charge in [0, 0.05) is 31.5 Å². The van der Waals surface area contributed by atoms with Gasteiger partial charge in [0.05, 0.1) is 23.8 Å². The number of aromatic nitrogens is 7. The first-order chi connectivity index (χ1) is 15.7. The summed E-state index contributed by atoms with van der Waals surface area (Å²) in [5.74, 6) is -0.0530. The van der Waals surface area contributed by atoms with Gasteiger partial charge in [0.15, 0.2) is 5.69 Å². The second-order valence-electron chi connectivity index (χ2n) is 7.90. The number of halogens is 3. The molecular weight excluding hydrogens is 441 g/mol. The Bertz CT molecular complexity index is 1390. The number of H-pyrrole nitrogens is 1. The maximum absolute atomic E-state index is 13.1. The van der Waals surface area contributed by atoms with Crippen LogP contribution in [-0.2, 0) is 6.18 Å². The number of nitrogens with zero attached hydrogens (tertiary/aromatic N) is 7. The molecule has 172 valence electrons. The first-order valence-electron chi connectivity index (χ1n) is 10.2. The number of alkyl halides is 3. The molecule has 0 spiro atoms. The highest BCUT2D eigenvalue weighted by molar-refractivity contribution is 5.95. The molecule has 0 unspecified atom stereocenters. The van der Waals surface area contributed by atoms with Crippen molar-refractivity contribution >= 4 is 11.4 Å². The fourth-order valence-corrected chi connectivity index (χ4v) is 4.08. The summed E-state index contributed by atoms with van der Waals surface area (Å²) >= 11 is 0. The Balaban J connectivity index is 1.31. The molecule has 33 heavy (non-hydrogen) atoms. The van der Waals surface area contributed by atoms with Crippen molar-refractivity contribution in [3.63, 3.8) is 0 Å². The van der Waals surface area contributed by atoms with Crippen LogP contribution < -0.4 is 5.56 Å². The second kappa shape index (κ2) is 7.60. The number of aromatic amines is 1. The van der Waals surface area contributed by atoms with Gasteiger partial charge in [-0.25, -0.2) is 14.2 Å². The molecule has 5 rings (SSSR count). The molecule has 1 N–H and O–H groups in total. The van der Waals surface area contributed by atoms with Gasteiger partial charge >= 0.3 is 6.18 Å². The predicted molar refractivity (Wildman–Crippen MR) is 109 cm³/mol. The molecular formula is C20H19F3N8O2. The van der Waals surface area contributed by atoms with Gasteiger partial charge in [-0.1, -0.05) is 0 Å². The summed E-state index contributed by atoms with van der Waals surface area (Å²) in [7, 11) is 0. The molecule has 1 aliphatic heterocycles. The summed E-state index contributed by atoms with van der Waals surface area (Å²) in [6, 6.07) is 3.17. The van der Waals surface area contributed by atoms with E-state index < -0.39 is 11.9 Å². The van der Waals surface area contributed by atoms with E-state index in [1.807, 2.05) is 0 Å². The van der Waals surface area contributed by atoms with E-state index in [0.717, 1.165) is 6.20 Å². The minimum absolute atomic E-state index is 0.163. The molecule has 0 bridgehead atoms. The van der Waals surface area contributed by atoms with E-state index in [-0.39, 0.29) is 23.5 Å². The zero-order valence-electron chi connectivity index (χ0n) is 17.5. The Morgan fingerprint density at radius 2 is 2.00 bits per heavy atom. The monoisotopic (exact) mass is 460 g/mol. The molecule has 4 aromatic heterocycles. The van der Waals surface area contributed by atoms with Gasteiger partial charge in [-0.05, 0) is 31.9 Å². The van der Waals surface area contributed by atoms with Crippen LogP contribution in [0.4, 0.5) is 13.2 Å². The standard InChI is InChI=1S/C20H19F3N8O2/c1-12-14(9-25-31(12)19-26-17(32)15-3-2-6-30(15)27-19)18(33)28-7-4-13(5-8-28)29-10-16(24-11-29)20(21,22)23/h2-3,6,9-11,13H,4-5,7-8H2,1H3,(H,26,27,32). The first-order valence-corrected chi connectivity index (χ1v) is 10.2. The van der Waals surface area contributed by atoms with E-state index in [1.54, 1.807) is 30.2 Å². The first kappa shape index (κ1) is 21.0. The Labute approximate surface area is 184 Å². The van der Waals surface area contributed by atoms with Crippen molar-refractivity contribution < 1.29 is 18.0 Å². The number of likely N-dealkylation sites (tertiary alicyclic amines) is 1. The average molecular weight is 460 g/mol. The normalized spacial score (nSPS) is 15.5. The number of hydrogen-bond donors (Lipinski definition) is 1. The van der Waals surface area contributed by atoms with Crippen molar-refractivity contribution in [2.45, 2.75) is 32.0 Å². The third-order valence-corrected chi connectivity index (χ3v) is 5.89. The van der Waals surface area contributed by atoms with Crippen molar-refractivity contribution in [3.8, 4) is 5.95 Å². The van der Waals surface area contributed by atoms with Gasteiger partial charge in [-0.15, -0.1) is 5.10 Å². The molecule has 0 aromatic carbocycles. The highest BCUT2D eigenvalue weighted by Gasteiger charge is 2.34. The van der Waals surface area contributed by atoms with E-state index in [9.17, 15) is 22.8 Å². The van der Waals surface area contributed by atoms with E-state index in [0.29, 0.717) is 42.7 Å². The largest absolute Gasteiger partial charge is 0.434 e. The molecule has 1 amide bonds. The summed E-state index contributed by atoms with van der Waals surface area (Å²) in [6.45, 7) is 2.48. The van der Waals surface area contributed by atoms with Gasteiger partial charge < -0.3 is 9.47 Å². The van der Waals surface area contributed by atoms with Gasteiger partial charge in [-0.2, -0.15) is 18.3 Å². The SMILES string of the molecule is Cc1c(C(=O)N2CCC(n3cnc(C(F)(F)F)c3)CC2)cnn1-c1nn2cccc2c(=O)[nH]1. The quantitative estimate of drug-likeness (QED) is 0.505. The average Bonchev–Trinajstić information content (AvgIpc) is 3.52. The molecule has 10 nitrogen and oxygen atoms in total. The number of rotatable bonds is 3. The Hall–Kier alpha value is -3.90. The summed E-state index contributed by atoms with van der Waals surface area (Å²) in [4.78, 5) is 33.1. The van der Waals surface area contributed by atoms with Gasteiger partial charge in [-0.3, -0.25) is 14.6 Å². The fourth-order valence-electron chi connectivity index (χ4n) is 4.08. The summed E-state index contributed by atoms with van der Waals surface area (Å²) in [6.07, 6.45) is 1.79. The smallest absolute Gasteiger partial charge is 0.338 e. The Morgan fingerprint density at radius 3 is 2.70 bits per heavy atom. The van der Waals surface area contributed by atoms with Gasteiger partial charge in [0.25, 0.3) is 11.5 Å². The second-order valence-corrected chi connectivity index (χ2v) is 7.90. The highest BCUT2D eigenvalue weighted by Crippen LogP contribution is 2.30. The van der Waals surface area contributed by atoms with Crippen molar-refractivity contribution in [2.75, 3.05) is 13.1 Å². The number of piperidine rings is 1. The fraction of sp³-hybridized carbons (Fsp3) is 0.350. The topological polar surface area (TPSA) is 106 Å². The van der Waals surface area contributed by atoms with E-state index in [2.05, 4.69) is 20.2 Å². The molecule has 5 heterocycles. The predicted octanol–water partition coefficient (Wildman–Crippen LogP) is 2.21. The van der Waals surface area contributed by atoms with Crippen LogP contribution in [0.1, 0.15) is 40.6 Å². The zero-order chi connectivity index (χ0) is 23.3. The number of hydrogen-bond acceptors (Lipinski definition) is 5. The third-order valence-electron chi connectivity index (χ3n) is 5.89. The molecule has 0 radical (unpaired) electrons. The molecule has 1 fully saturated rings. The van der Waals surface area contributed by atoms with Crippen LogP contribution in [0.15, 0.2) is 41.8 Å². The van der Waals surface area contributed by atoms with Crippen LogP contribution >= 0.6 is 0 Å². The lowest BCUT2D eigenvalue weighted by Crippen LogP contribution is -2.39. The maximum atomic E-state index is 13.1. The van der Waals surface area contributed by atoms with Crippen molar-refractivity contribution in [2.24, 2.45) is 0 Å². The van der Waals surface area contributed by atoms with E-state index in [4.69, 9.17) is 0 Å². The van der Waals surface area contributed by atoms with Crippen LogP contribution in [0.5, 0.6) is 0 Å². The molecule has 0 aliphatic carbocycles. The molecule has 1 saturated heterocycles. The van der Waals surface area contributed by atoms with Gasteiger partial charge in [0.2, 0.25) is 5.95 Å². The lowest BCUT2D eigenvalue weighted by molar-refractivity contribution is -0.141. The molecule has 0 atom stereocenters. The number of amides is 1. The molecule has 4 aromatic rings. The van der Waals surface area contributed by atoms with Crippen LogP contribution in [0, 0.1) is 6.92 Å².